The van der Waals surface area contributed by atoms with Crippen molar-refractivity contribution in [2.45, 2.75) is 12.8 Å². The van der Waals surface area contributed by atoms with Crippen molar-refractivity contribution in [1.82, 2.24) is 0 Å². The van der Waals surface area contributed by atoms with E-state index >= 15 is 0 Å². The standard InChI is InChI=1S/2C3H8NO.2HI.Pt/c2*4-2-1-3-5;;;/h2*4-5H,1-3H2;2*1H;/q2*-1;;;+4/p-2. The number of nitrogens with one attached hydrogen (secondary N) is 2. The molecule has 4 nitrogen and oxygen atoms in total. The van der Waals surface area contributed by atoms with Crippen LogP contribution >= 0.6 is 38.7 Å². The SMILES string of the molecule is [I][Pt+2][I].[NH-]CCCO.[NH-]CCCO. The first-order valence-electron chi connectivity index (χ1n) is 3.58. The predicted octanol–water partition coefficient (Wildman–Crippen LogP) is 2.61. The van der Waals surface area contributed by atoms with Gasteiger partial charge in [-0.3, -0.25) is 0 Å². The fourth-order valence-electron chi connectivity index (χ4n) is 0.158. The number of halogens is 2. The number of hydrogen-bond acceptors (Lipinski definition) is 2. The molecular weight excluding hydrogens is 581 g/mol. The summed E-state index contributed by atoms with van der Waals surface area (Å²) in [4.78, 5) is 0. The molecule has 7 heteroatoms. The Labute approximate surface area is 109 Å². The van der Waals surface area contributed by atoms with Crippen LogP contribution in [0.5, 0.6) is 0 Å². The minimum absolute atomic E-state index is 0.156. The molecule has 0 aromatic carbocycles. The Bertz CT molecular complexity index is 55.9. The van der Waals surface area contributed by atoms with Crippen molar-refractivity contribution in [3.63, 3.8) is 0 Å². The first-order chi connectivity index (χ1) is 6.24. The zero-order chi connectivity index (χ0) is 10.9. The Morgan fingerprint density at radius 3 is 1.15 bits per heavy atom. The maximum absolute atomic E-state index is 7.95. The summed E-state index contributed by atoms with van der Waals surface area (Å²) in [6, 6.07) is 0. The smallest absolute Gasteiger partial charge is 0.0414 e. The molecule has 0 unspecified atom stereocenters. The van der Waals surface area contributed by atoms with Gasteiger partial charge in [0.25, 0.3) is 0 Å². The second-order valence-corrected chi connectivity index (χ2v) is 18.3. The zero-order valence-electron chi connectivity index (χ0n) is 7.21. The largest absolute Gasteiger partial charge is 0.677 e. The molecule has 0 spiro atoms. The van der Waals surface area contributed by atoms with Crippen molar-refractivity contribution in [2.75, 3.05) is 26.3 Å². The summed E-state index contributed by atoms with van der Waals surface area (Å²) in [6.07, 6.45) is 1.22. The van der Waals surface area contributed by atoms with Crippen LogP contribution in [0.25, 0.3) is 11.5 Å². The summed E-state index contributed by atoms with van der Waals surface area (Å²) >= 11 is 5.30. The van der Waals surface area contributed by atoms with Gasteiger partial charge in [-0.2, -0.15) is 0 Å². The molecule has 0 radical (unpaired) electrons. The van der Waals surface area contributed by atoms with E-state index in [-0.39, 0.29) is 13.2 Å². The Morgan fingerprint density at radius 2 is 1.15 bits per heavy atom. The minimum Gasteiger partial charge on any atom is -0.677 e. The molecule has 0 atom stereocenters. The van der Waals surface area contributed by atoms with Crippen molar-refractivity contribution >= 4 is 38.7 Å². The summed E-state index contributed by atoms with van der Waals surface area (Å²) in [5.74, 6) is 0. The molecule has 0 aliphatic rings. The molecule has 0 rings (SSSR count). The van der Waals surface area contributed by atoms with Crippen LogP contribution in [0.15, 0.2) is 0 Å². The number of hydrogen-bond donors (Lipinski definition) is 2. The number of rotatable bonds is 4. The van der Waals surface area contributed by atoms with Crippen LogP contribution < -0.4 is 0 Å². The van der Waals surface area contributed by atoms with E-state index in [4.69, 9.17) is 21.7 Å². The average molecular weight is 597 g/mol. The predicted molar refractivity (Wildman–Crippen MR) is 69.8 cm³/mol. The molecule has 4 N–H and O–H groups in total. The topological polar surface area (TPSA) is 88.1 Å². The van der Waals surface area contributed by atoms with Gasteiger partial charge in [0.15, 0.2) is 0 Å². The van der Waals surface area contributed by atoms with Crippen LogP contribution in [-0.4, -0.2) is 36.5 Å². The Balaban J connectivity index is -0.000000120. The molecule has 0 saturated heterocycles. The summed E-state index contributed by atoms with van der Waals surface area (Å²) in [5, 5.41) is 15.9. The van der Waals surface area contributed by atoms with E-state index in [0.29, 0.717) is 37.1 Å². The molecule has 0 aromatic heterocycles. The summed E-state index contributed by atoms with van der Waals surface area (Å²) in [5.41, 5.74) is 12.9. The molecule has 0 saturated carbocycles. The molecule has 0 amide bonds. The quantitative estimate of drug-likeness (QED) is 0.489. The fourth-order valence-corrected chi connectivity index (χ4v) is 0.158. The van der Waals surface area contributed by atoms with Crippen LogP contribution in [-0.2, 0) is 11.2 Å². The Hall–Kier alpha value is 1.99. The molecule has 86 valence electrons. The first kappa shape index (κ1) is 20.4. The van der Waals surface area contributed by atoms with E-state index in [9.17, 15) is 0 Å². The molecule has 0 aromatic rings. The van der Waals surface area contributed by atoms with Gasteiger partial charge in [0, 0.05) is 13.2 Å². The van der Waals surface area contributed by atoms with E-state index in [2.05, 4.69) is 38.7 Å². The van der Waals surface area contributed by atoms with Crippen LogP contribution in [0.2, 0.25) is 0 Å². The van der Waals surface area contributed by atoms with Gasteiger partial charge < -0.3 is 21.7 Å². The maximum Gasteiger partial charge on any atom is 0.0414 e. The first-order valence-corrected chi connectivity index (χ1v) is 16.5. The van der Waals surface area contributed by atoms with E-state index in [1.165, 1.54) is 0 Å². The fraction of sp³-hybridized carbons (Fsp3) is 1.00. The van der Waals surface area contributed by atoms with E-state index < -0.39 is 0 Å². The summed E-state index contributed by atoms with van der Waals surface area (Å²) < 4.78 is 0. The van der Waals surface area contributed by atoms with Gasteiger partial charge in [-0.25, -0.2) is 0 Å². The molecule has 0 aliphatic heterocycles. The van der Waals surface area contributed by atoms with Crippen molar-refractivity contribution in [2.24, 2.45) is 0 Å². The second kappa shape index (κ2) is 29.2. The van der Waals surface area contributed by atoms with Gasteiger partial charge in [0.05, 0.1) is 0 Å². The van der Waals surface area contributed by atoms with Gasteiger partial charge in [-0.1, -0.05) is 0 Å². The molecular formula is C6H16I2N2O2Pt. The molecule has 13 heavy (non-hydrogen) atoms. The number of aliphatic hydroxyl groups excluding tert-OH is 2. The second-order valence-electron chi connectivity index (χ2n) is 1.70. The van der Waals surface area contributed by atoms with E-state index in [1.807, 2.05) is 0 Å². The summed E-state index contributed by atoms with van der Waals surface area (Å²) in [7, 11) is 0. The molecule has 0 bridgehead atoms. The molecule has 0 heterocycles. The Morgan fingerprint density at radius 1 is 0.923 bits per heavy atom. The van der Waals surface area contributed by atoms with Gasteiger partial charge >= 0.3 is 49.9 Å². The van der Waals surface area contributed by atoms with Gasteiger partial charge in [-0.05, 0) is 12.8 Å². The van der Waals surface area contributed by atoms with Gasteiger partial charge in [0.1, 0.15) is 0 Å². The normalized spacial score (nSPS) is 8.15. The number of aliphatic hydroxyl groups is 2. The van der Waals surface area contributed by atoms with Gasteiger partial charge in [-0.15, -0.1) is 13.1 Å². The van der Waals surface area contributed by atoms with Crippen LogP contribution in [0, 0.1) is 0 Å². The third-order valence-electron chi connectivity index (χ3n) is 0.670. The van der Waals surface area contributed by atoms with Crippen molar-refractivity contribution in [1.29, 1.82) is 0 Å². The van der Waals surface area contributed by atoms with Crippen LogP contribution in [0.4, 0.5) is 0 Å². The van der Waals surface area contributed by atoms with Crippen LogP contribution in [0.3, 0.4) is 0 Å². The third kappa shape index (κ3) is 56.1. The van der Waals surface area contributed by atoms with E-state index in [1.54, 1.807) is 0 Å². The molecule has 0 fully saturated rings. The van der Waals surface area contributed by atoms with E-state index in [0.717, 1.165) is 0 Å². The average Bonchev–Trinajstić information content (AvgIpc) is 2.09. The Kier molecular flexibility index (Phi) is 45.8. The third-order valence-corrected chi connectivity index (χ3v) is 0.670. The van der Waals surface area contributed by atoms with Gasteiger partial charge in [0.2, 0.25) is 0 Å². The molecule has 0 aliphatic carbocycles. The maximum atomic E-state index is 7.95. The van der Waals surface area contributed by atoms with Crippen LogP contribution in [0.1, 0.15) is 12.8 Å². The van der Waals surface area contributed by atoms with Crippen molar-refractivity contribution in [3.05, 3.63) is 11.5 Å². The minimum atomic E-state index is 0.156. The monoisotopic (exact) mass is 597 g/mol. The summed E-state index contributed by atoms with van der Waals surface area (Å²) in [6.45, 7) is 1.00. The zero-order valence-corrected chi connectivity index (χ0v) is 13.8. The van der Waals surface area contributed by atoms with Crippen molar-refractivity contribution < 1.29 is 21.4 Å². The van der Waals surface area contributed by atoms with Crippen molar-refractivity contribution in [3.8, 4) is 0 Å².